The average Bonchev–Trinajstić information content (AvgIpc) is 3.17. The normalized spacial score (nSPS) is 16.1. The molecule has 4 rings (SSSR count). The van der Waals surface area contributed by atoms with Crippen molar-refractivity contribution >= 4 is 29.9 Å². The zero-order chi connectivity index (χ0) is 26.7. The molecule has 2 aromatic carbocycles. The van der Waals surface area contributed by atoms with Crippen molar-refractivity contribution in [2.75, 3.05) is 28.4 Å². The van der Waals surface area contributed by atoms with Gasteiger partial charge in [0.25, 0.3) is 11.7 Å². The summed E-state index contributed by atoms with van der Waals surface area (Å²) >= 11 is 0. The molecule has 0 spiro atoms. The summed E-state index contributed by atoms with van der Waals surface area (Å²) in [6.07, 6.45) is 3.25. The molecule has 1 saturated heterocycles. The van der Waals surface area contributed by atoms with Crippen molar-refractivity contribution in [3.8, 4) is 23.0 Å². The number of halogens is 1. The van der Waals surface area contributed by atoms with Crippen LogP contribution in [0.25, 0.3) is 5.76 Å². The molecule has 38 heavy (non-hydrogen) atoms. The number of aliphatic hydroxyl groups is 1. The zero-order valence-corrected chi connectivity index (χ0v) is 22.5. The first-order valence-electron chi connectivity index (χ1n) is 11.5. The van der Waals surface area contributed by atoms with Crippen molar-refractivity contribution in [1.82, 2.24) is 9.88 Å². The summed E-state index contributed by atoms with van der Waals surface area (Å²) < 4.78 is 21.8. The summed E-state index contributed by atoms with van der Waals surface area (Å²) in [6.45, 7) is 1.92. The van der Waals surface area contributed by atoms with Gasteiger partial charge in [0, 0.05) is 24.5 Å². The van der Waals surface area contributed by atoms with Gasteiger partial charge in [0.1, 0.15) is 11.5 Å². The van der Waals surface area contributed by atoms with Crippen molar-refractivity contribution in [3.05, 3.63) is 82.7 Å². The van der Waals surface area contributed by atoms with E-state index < -0.39 is 17.7 Å². The number of ketones is 1. The quantitative estimate of drug-likeness (QED) is 0.253. The zero-order valence-electron chi connectivity index (χ0n) is 21.7. The van der Waals surface area contributed by atoms with Gasteiger partial charge in [0.05, 0.1) is 40.1 Å². The van der Waals surface area contributed by atoms with Gasteiger partial charge in [0.15, 0.2) is 11.5 Å². The van der Waals surface area contributed by atoms with Crippen LogP contribution in [0.2, 0.25) is 0 Å². The van der Waals surface area contributed by atoms with E-state index in [4.69, 9.17) is 18.9 Å². The van der Waals surface area contributed by atoms with Crippen molar-refractivity contribution in [2.24, 2.45) is 0 Å². The maximum Gasteiger partial charge on any atom is 0.295 e. The fourth-order valence-electron chi connectivity index (χ4n) is 4.52. The number of benzene rings is 2. The number of likely N-dealkylation sites (tertiary alicyclic amines) is 1. The molecule has 1 unspecified atom stereocenters. The summed E-state index contributed by atoms with van der Waals surface area (Å²) in [5, 5.41) is 11.4. The standard InChI is InChI=1S/C28H28N2O7.ClH/c1-16-11-18(8-9-20(16)34-2)25(31)23-24(19-12-21(35-3)27(37-5)22(13-19)36-4)30(28(33)26(23)32)15-17-7-6-10-29-14-17;/h6-14,24,31H,15H2,1-5H3;1H/b25-23+;. The smallest absolute Gasteiger partial charge is 0.295 e. The largest absolute Gasteiger partial charge is 0.507 e. The Bertz CT molecular complexity index is 1350. The molecule has 1 aliphatic rings. The van der Waals surface area contributed by atoms with E-state index in [9.17, 15) is 14.7 Å². The molecule has 3 aromatic rings. The molecule has 0 saturated carbocycles. The molecule has 9 nitrogen and oxygen atoms in total. The van der Waals surface area contributed by atoms with Gasteiger partial charge in [0.2, 0.25) is 5.75 Å². The fourth-order valence-corrected chi connectivity index (χ4v) is 4.52. The first-order chi connectivity index (χ1) is 17.8. The van der Waals surface area contributed by atoms with E-state index >= 15 is 0 Å². The lowest BCUT2D eigenvalue weighted by Crippen LogP contribution is -2.29. The Hall–Kier alpha value is -4.24. The minimum atomic E-state index is -0.934. The van der Waals surface area contributed by atoms with E-state index in [1.165, 1.54) is 26.2 Å². The minimum absolute atomic E-state index is 0. The lowest BCUT2D eigenvalue weighted by atomic mass is 9.94. The molecule has 2 heterocycles. The van der Waals surface area contributed by atoms with E-state index in [-0.39, 0.29) is 30.3 Å². The van der Waals surface area contributed by atoms with Crippen molar-refractivity contribution in [1.29, 1.82) is 0 Å². The summed E-state index contributed by atoms with van der Waals surface area (Å²) in [5.41, 5.74) is 2.33. The van der Waals surface area contributed by atoms with E-state index in [1.807, 2.05) is 13.0 Å². The van der Waals surface area contributed by atoms with Gasteiger partial charge in [-0.05, 0) is 60.0 Å². The Labute approximate surface area is 227 Å². The van der Waals surface area contributed by atoms with E-state index in [0.717, 1.165) is 11.1 Å². The third-order valence-electron chi connectivity index (χ3n) is 6.29. The number of pyridine rings is 1. The number of methoxy groups -OCH3 is 4. The maximum absolute atomic E-state index is 13.4. The van der Waals surface area contributed by atoms with E-state index in [2.05, 4.69) is 4.98 Å². The monoisotopic (exact) mass is 540 g/mol. The molecule has 0 bridgehead atoms. The first kappa shape index (κ1) is 28.3. The SMILES string of the molecule is COc1ccc(/C(O)=C2\C(=O)C(=O)N(Cc3cccnc3)C2c2cc(OC)c(OC)c(OC)c2)cc1C.Cl. The number of hydrogen-bond donors (Lipinski definition) is 1. The Kier molecular flexibility index (Phi) is 8.85. The third-order valence-corrected chi connectivity index (χ3v) is 6.29. The van der Waals surface area contributed by atoms with Crippen LogP contribution in [0.4, 0.5) is 0 Å². The number of rotatable bonds is 8. The van der Waals surface area contributed by atoms with Gasteiger partial charge < -0.3 is 29.0 Å². The number of aryl methyl sites for hydroxylation is 1. The highest BCUT2D eigenvalue weighted by Gasteiger charge is 2.46. The van der Waals surface area contributed by atoms with Gasteiger partial charge in [-0.15, -0.1) is 12.4 Å². The number of aromatic nitrogens is 1. The summed E-state index contributed by atoms with van der Waals surface area (Å²) in [6, 6.07) is 11.0. The number of ether oxygens (including phenoxy) is 4. The molecular weight excluding hydrogens is 512 g/mol. The van der Waals surface area contributed by atoms with Crippen molar-refractivity contribution in [2.45, 2.75) is 19.5 Å². The molecule has 1 N–H and O–H groups in total. The van der Waals surface area contributed by atoms with Gasteiger partial charge in [-0.2, -0.15) is 0 Å². The summed E-state index contributed by atoms with van der Waals surface area (Å²) in [5.74, 6) is -0.133. The predicted octanol–water partition coefficient (Wildman–Crippen LogP) is 4.47. The number of carbonyl (C=O) groups excluding carboxylic acids is 2. The van der Waals surface area contributed by atoms with Gasteiger partial charge in [-0.1, -0.05) is 6.07 Å². The Morgan fingerprint density at radius 3 is 2.13 bits per heavy atom. The molecule has 1 atom stereocenters. The molecule has 1 amide bonds. The van der Waals surface area contributed by atoms with Crippen LogP contribution in [0.1, 0.15) is 28.3 Å². The fraction of sp³-hybridized carbons (Fsp3) is 0.250. The van der Waals surface area contributed by atoms with Crippen LogP contribution in [-0.4, -0.2) is 55.1 Å². The molecule has 1 aliphatic heterocycles. The lowest BCUT2D eigenvalue weighted by molar-refractivity contribution is -0.140. The topological polar surface area (TPSA) is 107 Å². The molecular formula is C28H29ClN2O7. The highest BCUT2D eigenvalue weighted by atomic mass is 35.5. The predicted molar refractivity (Wildman–Crippen MR) is 143 cm³/mol. The number of carbonyl (C=O) groups is 2. The van der Waals surface area contributed by atoms with Crippen LogP contribution in [0, 0.1) is 6.92 Å². The number of amides is 1. The number of Topliss-reactive ketones (excluding diaryl/α,β-unsaturated/α-hetero) is 1. The van der Waals surface area contributed by atoms with Gasteiger partial charge in [-0.25, -0.2) is 0 Å². The number of nitrogens with zero attached hydrogens (tertiary/aromatic N) is 2. The Morgan fingerprint density at radius 1 is 0.947 bits per heavy atom. The third kappa shape index (κ3) is 5.10. The second-order valence-electron chi connectivity index (χ2n) is 8.43. The van der Waals surface area contributed by atoms with Crippen LogP contribution in [-0.2, 0) is 16.1 Å². The Balaban J connectivity index is 0.00000400. The van der Waals surface area contributed by atoms with Crippen molar-refractivity contribution in [3.63, 3.8) is 0 Å². The lowest BCUT2D eigenvalue weighted by Gasteiger charge is -2.26. The Morgan fingerprint density at radius 2 is 1.61 bits per heavy atom. The van der Waals surface area contributed by atoms with Crippen LogP contribution < -0.4 is 18.9 Å². The highest BCUT2D eigenvalue weighted by molar-refractivity contribution is 6.46. The van der Waals surface area contributed by atoms with Crippen LogP contribution >= 0.6 is 12.4 Å². The average molecular weight is 541 g/mol. The molecule has 200 valence electrons. The molecule has 0 aliphatic carbocycles. The van der Waals surface area contributed by atoms with Crippen LogP contribution in [0.3, 0.4) is 0 Å². The second kappa shape index (κ2) is 11.9. The molecule has 1 fully saturated rings. The van der Waals surface area contributed by atoms with Crippen molar-refractivity contribution < 1.29 is 33.6 Å². The van der Waals surface area contributed by atoms with E-state index in [1.54, 1.807) is 55.9 Å². The summed E-state index contributed by atoms with van der Waals surface area (Å²) in [7, 11) is 6.00. The number of aliphatic hydroxyl groups excluding tert-OH is 1. The second-order valence-corrected chi connectivity index (χ2v) is 8.43. The van der Waals surface area contributed by atoms with Gasteiger partial charge in [-0.3, -0.25) is 14.6 Å². The molecule has 0 radical (unpaired) electrons. The van der Waals surface area contributed by atoms with Crippen LogP contribution in [0.15, 0.2) is 60.4 Å². The van der Waals surface area contributed by atoms with Crippen LogP contribution in [0.5, 0.6) is 23.0 Å². The molecule has 1 aromatic heterocycles. The minimum Gasteiger partial charge on any atom is -0.507 e. The van der Waals surface area contributed by atoms with E-state index in [0.29, 0.717) is 34.1 Å². The molecule has 10 heteroatoms. The summed E-state index contributed by atoms with van der Waals surface area (Å²) in [4.78, 5) is 32.3. The first-order valence-corrected chi connectivity index (χ1v) is 11.5. The number of hydrogen-bond acceptors (Lipinski definition) is 8. The maximum atomic E-state index is 13.4. The highest BCUT2D eigenvalue weighted by Crippen LogP contribution is 2.46. The van der Waals surface area contributed by atoms with Gasteiger partial charge >= 0.3 is 0 Å².